The highest BCUT2D eigenvalue weighted by Crippen LogP contribution is 2.34. The van der Waals surface area contributed by atoms with E-state index >= 15 is 0 Å². The Kier molecular flexibility index (Phi) is 6.99. The first-order valence-electron chi connectivity index (χ1n) is 9.65. The van der Waals surface area contributed by atoms with Gasteiger partial charge in [0.1, 0.15) is 11.5 Å². The fraction of sp³-hybridized carbons (Fsp3) is 0.364. The average Bonchev–Trinajstić information content (AvgIpc) is 3.13. The zero-order valence-electron chi connectivity index (χ0n) is 16.7. The summed E-state index contributed by atoms with van der Waals surface area (Å²) in [6, 6.07) is 10.8. The third-order valence-corrected chi connectivity index (χ3v) is 5.20. The summed E-state index contributed by atoms with van der Waals surface area (Å²) in [7, 11) is 1.57. The van der Waals surface area contributed by atoms with Crippen molar-refractivity contribution in [2.75, 3.05) is 30.5 Å². The van der Waals surface area contributed by atoms with E-state index in [1.807, 2.05) is 19.1 Å². The fourth-order valence-electron chi connectivity index (χ4n) is 3.23. The number of carbonyl (C=O) groups is 2. The SMILES string of the molecule is COc1ccc(NC(=O)CCCOc2ccc(Cl)c(C)c2)cc1N1CCCC1=O. The number of amides is 2. The zero-order chi connectivity index (χ0) is 20.8. The quantitative estimate of drug-likeness (QED) is 0.639. The first-order valence-corrected chi connectivity index (χ1v) is 10.0. The molecule has 1 heterocycles. The highest BCUT2D eigenvalue weighted by Gasteiger charge is 2.24. The smallest absolute Gasteiger partial charge is 0.227 e. The minimum absolute atomic E-state index is 0.0707. The van der Waals surface area contributed by atoms with Crippen molar-refractivity contribution in [2.24, 2.45) is 0 Å². The Labute approximate surface area is 175 Å². The Balaban J connectivity index is 1.52. The van der Waals surface area contributed by atoms with E-state index in [4.69, 9.17) is 21.1 Å². The van der Waals surface area contributed by atoms with Crippen LogP contribution >= 0.6 is 11.6 Å². The van der Waals surface area contributed by atoms with Gasteiger partial charge in [0.2, 0.25) is 11.8 Å². The van der Waals surface area contributed by atoms with Crippen LogP contribution in [0.2, 0.25) is 5.02 Å². The molecule has 1 aliphatic heterocycles. The predicted octanol–water partition coefficient (Wildman–Crippen LogP) is 4.58. The second-order valence-corrected chi connectivity index (χ2v) is 7.35. The van der Waals surface area contributed by atoms with Gasteiger partial charge in [-0.25, -0.2) is 0 Å². The number of nitrogens with one attached hydrogen (secondary N) is 1. The van der Waals surface area contributed by atoms with Crippen molar-refractivity contribution in [3.63, 3.8) is 0 Å². The van der Waals surface area contributed by atoms with Crippen LogP contribution in [0.4, 0.5) is 11.4 Å². The number of carbonyl (C=O) groups excluding carboxylic acids is 2. The number of ether oxygens (including phenoxy) is 2. The minimum atomic E-state index is -0.107. The number of anilines is 2. The van der Waals surface area contributed by atoms with Crippen LogP contribution < -0.4 is 19.7 Å². The molecule has 2 aromatic carbocycles. The maximum Gasteiger partial charge on any atom is 0.227 e. The number of aryl methyl sites for hydroxylation is 1. The first-order chi connectivity index (χ1) is 14.0. The van der Waals surface area contributed by atoms with Gasteiger partial charge >= 0.3 is 0 Å². The highest BCUT2D eigenvalue weighted by atomic mass is 35.5. The number of hydrogen-bond acceptors (Lipinski definition) is 4. The molecule has 0 unspecified atom stereocenters. The third-order valence-electron chi connectivity index (χ3n) is 4.77. The van der Waals surface area contributed by atoms with Gasteiger partial charge in [-0.3, -0.25) is 9.59 Å². The largest absolute Gasteiger partial charge is 0.495 e. The Morgan fingerprint density at radius 1 is 1.24 bits per heavy atom. The molecular weight excluding hydrogens is 392 g/mol. The van der Waals surface area contributed by atoms with Gasteiger partial charge in [-0.2, -0.15) is 0 Å². The van der Waals surface area contributed by atoms with Crippen molar-refractivity contribution in [1.82, 2.24) is 0 Å². The van der Waals surface area contributed by atoms with E-state index in [1.54, 1.807) is 36.3 Å². The molecule has 2 amide bonds. The molecule has 6 nitrogen and oxygen atoms in total. The molecule has 1 saturated heterocycles. The predicted molar refractivity (Wildman–Crippen MR) is 114 cm³/mol. The Hall–Kier alpha value is -2.73. The summed E-state index contributed by atoms with van der Waals surface area (Å²) in [5.41, 5.74) is 2.28. The van der Waals surface area contributed by atoms with Crippen LogP contribution in [0.15, 0.2) is 36.4 Å². The van der Waals surface area contributed by atoms with Crippen molar-refractivity contribution < 1.29 is 19.1 Å². The van der Waals surface area contributed by atoms with E-state index < -0.39 is 0 Å². The molecule has 0 radical (unpaired) electrons. The molecule has 154 valence electrons. The topological polar surface area (TPSA) is 67.9 Å². The average molecular weight is 417 g/mol. The zero-order valence-corrected chi connectivity index (χ0v) is 17.4. The summed E-state index contributed by atoms with van der Waals surface area (Å²) in [5, 5.41) is 3.58. The summed E-state index contributed by atoms with van der Waals surface area (Å²) in [6.07, 6.45) is 2.27. The van der Waals surface area contributed by atoms with Gasteiger partial charge in [0.25, 0.3) is 0 Å². The number of nitrogens with zero attached hydrogens (tertiary/aromatic N) is 1. The van der Waals surface area contributed by atoms with Crippen molar-refractivity contribution in [3.8, 4) is 11.5 Å². The van der Waals surface area contributed by atoms with Crippen molar-refractivity contribution in [1.29, 1.82) is 0 Å². The normalized spacial score (nSPS) is 13.5. The summed E-state index contributed by atoms with van der Waals surface area (Å²) in [6.45, 7) is 3.01. The van der Waals surface area contributed by atoms with Crippen LogP contribution in [0.5, 0.6) is 11.5 Å². The monoisotopic (exact) mass is 416 g/mol. The van der Waals surface area contributed by atoms with Crippen LogP contribution in [-0.2, 0) is 9.59 Å². The van der Waals surface area contributed by atoms with E-state index in [1.165, 1.54) is 0 Å². The van der Waals surface area contributed by atoms with E-state index in [0.717, 1.165) is 17.7 Å². The Bertz CT molecular complexity index is 900. The molecule has 1 N–H and O–H groups in total. The number of hydrogen-bond donors (Lipinski definition) is 1. The van der Waals surface area contributed by atoms with Crippen molar-refractivity contribution in [2.45, 2.75) is 32.6 Å². The van der Waals surface area contributed by atoms with Crippen molar-refractivity contribution >= 4 is 34.8 Å². The third kappa shape index (κ3) is 5.41. The maximum atomic E-state index is 12.3. The minimum Gasteiger partial charge on any atom is -0.495 e. The molecule has 0 bridgehead atoms. The summed E-state index contributed by atoms with van der Waals surface area (Å²) >= 11 is 6.00. The lowest BCUT2D eigenvalue weighted by Gasteiger charge is -2.20. The molecule has 0 saturated carbocycles. The van der Waals surface area contributed by atoms with Crippen LogP contribution in [-0.4, -0.2) is 32.1 Å². The van der Waals surface area contributed by atoms with E-state index in [0.29, 0.717) is 54.6 Å². The molecule has 0 spiro atoms. The molecule has 0 atom stereocenters. The van der Waals surface area contributed by atoms with Crippen LogP contribution in [0.25, 0.3) is 0 Å². The molecule has 7 heteroatoms. The molecule has 2 aromatic rings. The molecule has 1 fully saturated rings. The van der Waals surface area contributed by atoms with E-state index in [2.05, 4.69) is 5.32 Å². The molecule has 1 aliphatic rings. The second-order valence-electron chi connectivity index (χ2n) is 6.95. The summed E-state index contributed by atoms with van der Waals surface area (Å²) in [5.74, 6) is 1.32. The fourth-order valence-corrected chi connectivity index (χ4v) is 3.35. The first kappa shape index (κ1) is 21.0. The van der Waals surface area contributed by atoms with Gasteiger partial charge in [-0.15, -0.1) is 0 Å². The Morgan fingerprint density at radius 2 is 2.07 bits per heavy atom. The molecule has 0 aliphatic carbocycles. The number of halogens is 1. The molecule has 29 heavy (non-hydrogen) atoms. The van der Waals surface area contributed by atoms with Gasteiger partial charge < -0.3 is 19.7 Å². The number of rotatable bonds is 8. The lowest BCUT2D eigenvalue weighted by atomic mass is 10.2. The standard InChI is InChI=1S/C22H25ClN2O4/c1-15-13-17(8-9-18(15)23)29-12-4-5-21(26)24-16-7-10-20(28-2)19(14-16)25-11-3-6-22(25)27/h7-10,13-14H,3-6,11-12H2,1-2H3,(H,24,26). The highest BCUT2D eigenvalue weighted by molar-refractivity contribution is 6.31. The van der Waals surface area contributed by atoms with Crippen molar-refractivity contribution in [3.05, 3.63) is 47.0 Å². The number of methoxy groups -OCH3 is 1. The van der Waals surface area contributed by atoms with Gasteiger partial charge in [-0.1, -0.05) is 11.6 Å². The van der Waals surface area contributed by atoms with Gasteiger partial charge in [0.05, 0.1) is 19.4 Å². The Morgan fingerprint density at radius 3 is 2.76 bits per heavy atom. The van der Waals surface area contributed by atoms with Gasteiger partial charge in [0.15, 0.2) is 0 Å². The van der Waals surface area contributed by atoms with Crippen LogP contribution in [0.3, 0.4) is 0 Å². The number of benzene rings is 2. The van der Waals surface area contributed by atoms with E-state index in [-0.39, 0.29) is 11.8 Å². The molecule has 3 rings (SSSR count). The summed E-state index contributed by atoms with van der Waals surface area (Å²) < 4.78 is 11.0. The van der Waals surface area contributed by atoms with Crippen LogP contribution in [0.1, 0.15) is 31.2 Å². The molecular formula is C22H25ClN2O4. The van der Waals surface area contributed by atoms with Crippen LogP contribution in [0, 0.1) is 6.92 Å². The summed E-state index contributed by atoms with van der Waals surface area (Å²) in [4.78, 5) is 26.1. The van der Waals surface area contributed by atoms with Gasteiger partial charge in [-0.05, 0) is 61.7 Å². The van der Waals surface area contributed by atoms with E-state index in [9.17, 15) is 9.59 Å². The lowest BCUT2D eigenvalue weighted by molar-refractivity contribution is -0.117. The van der Waals surface area contributed by atoms with Gasteiger partial charge in [0, 0.05) is 30.1 Å². The molecule has 0 aromatic heterocycles. The second kappa shape index (κ2) is 9.65. The lowest BCUT2D eigenvalue weighted by Crippen LogP contribution is -2.24. The maximum absolute atomic E-state index is 12.3.